The maximum Gasteiger partial charge on any atom is 0.119 e. The van der Waals surface area contributed by atoms with E-state index in [4.69, 9.17) is 0 Å². The van der Waals surface area contributed by atoms with E-state index in [1.165, 1.54) is 0 Å². The summed E-state index contributed by atoms with van der Waals surface area (Å²) in [7, 11) is 0. The lowest BCUT2D eigenvalue weighted by Crippen LogP contribution is -1.94. The number of phenolic OH excluding ortho intramolecular Hbond substituents is 3. The fourth-order valence-electron chi connectivity index (χ4n) is 2.61. The number of aromatic hydroxyl groups is 3. The van der Waals surface area contributed by atoms with Crippen molar-refractivity contribution in [3.05, 3.63) is 89.0 Å². The Balaban J connectivity index is 1.84. The molecule has 0 saturated carbocycles. The minimum Gasteiger partial charge on any atom is -0.508 e. The van der Waals surface area contributed by atoms with Gasteiger partial charge in [-0.05, 0) is 52.9 Å². The zero-order chi connectivity index (χ0) is 16.2. The van der Waals surface area contributed by atoms with Crippen LogP contribution in [0.25, 0.3) is 0 Å². The van der Waals surface area contributed by atoms with Gasteiger partial charge in [0.25, 0.3) is 0 Å². The topological polar surface area (TPSA) is 60.7 Å². The van der Waals surface area contributed by atoms with Gasteiger partial charge in [-0.2, -0.15) is 0 Å². The van der Waals surface area contributed by atoms with Crippen LogP contribution >= 0.6 is 0 Å². The molecular weight excluding hydrogens is 288 g/mol. The minimum atomic E-state index is 0.225. The van der Waals surface area contributed by atoms with Gasteiger partial charge in [-0.15, -0.1) is 0 Å². The maximum atomic E-state index is 10.1. The Morgan fingerprint density at radius 2 is 1.22 bits per heavy atom. The van der Waals surface area contributed by atoms with E-state index in [1.54, 1.807) is 30.3 Å². The third kappa shape index (κ3) is 3.64. The van der Waals surface area contributed by atoms with Crippen LogP contribution in [0.15, 0.2) is 66.7 Å². The highest BCUT2D eigenvalue weighted by atomic mass is 16.3. The quantitative estimate of drug-likeness (QED) is 0.683. The predicted octanol–water partition coefficient (Wildman–Crippen LogP) is 3.99. The highest BCUT2D eigenvalue weighted by Gasteiger charge is 2.08. The van der Waals surface area contributed by atoms with Crippen molar-refractivity contribution in [2.75, 3.05) is 0 Å². The van der Waals surface area contributed by atoms with Crippen LogP contribution in [-0.2, 0) is 12.8 Å². The number of hydrogen-bond acceptors (Lipinski definition) is 3. The summed E-state index contributed by atoms with van der Waals surface area (Å²) in [5, 5.41) is 29.3. The van der Waals surface area contributed by atoms with Gasteiger partial charge in [-0.3, -0.25) is 0 Å². The summed E-state index contributed by atoms with van der Waals surface area (Å²) < 4.78 is 0. The van der Waals surface area contributed by atoms with Gasteiger partial charge in [0.15, 0.2) is 0 Å². The van der Waals surface area contributed by atoms with E-state index in [2.05, 4.69) is 0 Å². The summed E-state index contributed by atoms with van der Waals surface area (Å²) in [5.74, 6) is 0.707. The average molecular weight is 306 g/mol. The number of hydrogen-bond donors (Lipinski definition) is 3. The van der Waals surface area contributed by atoms with Gasteiger partial charge in [0.1, 0.15) is 17.2 Å². The molecule has 3 aromatic rings. The number of rotatable bonds is 4. The first-order valence-corrected chi connectivity index (χ1v) is 7.47. The highest BCUT2D eigenvalue weighted by Crippen LogP contribution is 2.26. The second kappa shape index (κ2) is 6.44. The summed E-state index contributed by atoms with van der Waals surface area (Å²) in [6.07, 6.45) is 1.19. The van der Waals surface area contributed by atoms with E-state index in [1.807, 2.05) is 36.4 Å². The first kappa shape index (κ1) is 15.0. The van der Waals surface area contributed by atoms with Crippen molar-refractivity contribution < 1.29 is 15.3 Å². The van der Waals surface area contributed by atoms with E-state index >= 15 is 0 Å². The van der Waals surface area contributed by atoms with Crippen molar-refractivity contribution in [2.24, 2.45) is 0 Å². The molecule has 3 heteroatoms. The first-order chi connectivity index (χ1) is 11.1. The molecule has 23 heavy (non-hydrogen) atoms. The minimum absolute atomic E-state index is 0.225. The van der Waals surface area contributed by atoms with Crippen molar-refractivity contribution in [1.82, 2.24) is 0 Å². The second-order valence-electron chi connectivity index (χ2n) is 5.61. The smallest absolute Gasteiger partial charge is 0.119 e. The molecule has 0 aromatic heterocycles. The molecule has 3 aromatic carbocycles. The van der Waals surface area contributed by atoms with Gasteiger partial charge < -0.3 is 15.3 Å². The summed E-state index contributed by atoms with van der Waals surface area (Å²) >= 11 is 0. The maximum absolute atomic E-state index is 10.1. The van der Waals surface area contributed by atoms with Crippen LogP contribution in [0.1, 0.15) is 22.3 Å². The second-order valence-corrected chi connectivity index (χ2v) is 5.61. The molecule has 0 radical (unpaired) electrons. The van der Waals surface area contributed by atoms with E-state index in [0.717, 1.165) is 22.3 Å². The van der Waals surface area contributed by atoms with Gasteiger partial charge in [0.2, 0.25) is 0 Å². The first-order valence-electron chi connectivity index (χ1n) is 7.47. The third-order valence-electron chi connectivity index (χ3n) is 3.86. The summed E-state index contributed by atoms with van der Waals surface area (Å²) in [5.41, 5.74) is 3.72. The van der Waals surface area contributed by atoms with Crippen LogP contribution in [0, 0.1) is 0 Å². The average Bonchev–Trinajstić information content (AvgIpc) is 2.55. The predicted molar refractivity (Wildman–Crippen MR) is 89.9 cm³/mol. The van der Waals surface area contributed by atoms with Crippen LogP contribution in [0.2, 0.25) is 0 Å². The Labute approximate surface area is 135 Å². The van der Waals surface area contributed by atoms with Crippen LogP contribution in [-0.4, -0.2) is 15.3 Å². The Morgan fingerprint density at radius 3 is 1.96 bits per heavy atom. The van der Waals surface area contributed by atoms with Crippen molar-refractivity contribution in [3.8, 4) is 17.2 Å². The van der Waals surface area contributed by atoms with Crippen LogP contribution in [0.4, 0.5) is 0 Å². The molecule has 3 N–H and O–H groups in total. The van der Waals surface area contributed by atoms with E-state index < -0.39 is 0 Å². The molecule has 0 spiro atoms. The molecule has 0 amide bonds. The molecule has 0 fully saturated rings. The molecule has 0 aliphatic rings. The molecule has 3 nitrogen and oxygen atoms in total. The van der Waals surface area contributed by atoms with Crippen molar-refractivity contribution >= 4 is 0 Å². The van der Waals surface area contributed by atoms with E-state index in [9.17, 15) is 15.3 Å². The Kier molecular flexibility index (Phi) is 4.20. The van der Waals surface area contributed by atoms with Gasteiger partial charge in [0, 0.05) is 6.42 Å². The molecule has 116 valence electrons. The molecule has 0 unspecified atom stereocenters. The Bertz CT molecular complexity index is 807. The van der Waals surface area contributed by atoms with Crippen LogP contribution in [0.5, 0.6) is 17.2 Å². The molecular formula is C20H18O3. The molecule has 0 heterocycles. The lowest BCUT2D eigenvalue weighted by Gasteiger charge is -2.10. The monoisotopic (exact) mass is 306 g/mol. The Morgan fingerprint density at radius 1 is 0.565 bits per heavy atom. The standard InChI is InChI=1S/C20H18O3/c21-18-8-5-14(6-9-18)11-15-7-10-20(23)17(12-15)13-16-3-1-2-4-19(16)22/h1-10,12,21-23H,11,13H2. The lowest BCUT2D eigenvalue weighted by atomic mass is 9.98. The largest absolute Gasteiger partial charge is 0.508 e. The SMILES string of the molecule is Oc1ccc(Cc2ccc(O)c(Cc3ccccc3O)c2)cc1. The molecule has 0 saturated heterocycles. The number of benzene rings is 3. The zero-order valence-electron chi connectivity index (χ0n) is 12.6. The lowest BCUT2D eigenvalue weighted by molar-refractivity contribution is 0.463. The van der Waals surface area contributed by atoms with E-state index in [0.29, 0.717) is 12.8 Å². The molecule has 0 bridgehead atoms. The highest BCUT2D eigenvalue weighted by molar-refractivity contribution is 5.44. The van der Waals surface area contributed by atoms with Crippen molar-refractivity contribution in [3.63, 3.8) is 0 Å². The summed E-state index contributed by atoms with van der Waals surface area (Å²) in [4.78, 5) is 0. The van der Waals surface area contributed by atoms with Crippen molar-refractivity contribution in [1.29, 1.82) is 0 Å². The number of phenols is 3. The van der Waals surface area contributed by atoms with Gasteiger partial charge in [-0.25, -0.2) is 0 Å². The van der Waals surface area contributed by atoms with Crippen LogP contribution in [0.3, 0.4) is 0 Å². The third-order valence-corrected chi connectivity index (χ3v) is 3.86. The number of para-hydroxylation sites is 1. The van der Waals surface area contributed by atoms with Crippen molar-refractivity contribution in [2.45, 2.75) is 12.8 Å². The van der Waals surface area contributed by atoms with E-state index in [-0.39, 0.29) is 17.2 Å². The summed E-state index contributed by atoms with van der Waals surface area (Å²) in [6.45, 7) is 0. The fourth-order valence-corrected chi connectivity index (χ4v) is 2.61. The fraction of sp³-hybridized carbons (Fsp3) is 0.100. The molecule has 0 aliphatic heterocycles. The van der Waals surface area contributed by atoms with Gasteiger partial charge in [0.05, 0.1) is 0 Å². The molecule has 3 rings (SSSR count). The summed E-state index contributed by atoms with van der Waals surface area (Å²) in [6, 6.07) is 19.8. The zero-order valence-corrected chi connectivity index (χ0v) is 12.6. The van der Waals surface area contributed by atoms with Gasteiger partial charge >= 0.3 is 0 Å². The molecule has 0 atom stereocenters. The van der Waals surface area contributed by atoms with Gasteiger partial charge in [-0.1, -0.05) is 42.5 Å². The molecule has 0 aliphatic carbocycles. The Hall–Kier alpha value is -2.94. The normalized spacial score (nSPS) is 10.6. The van der Waals surface area contributed by atoms with Crippen LogP contribution < -0.4 is 0 Å².